The van der Waals surface area contributed by atoms with Gasteiger partial charge in [-0.1, -0.05) is 158 Å². The predicted octanol–water partition coefficient (Wildman–Crippen LogP) is 10.9. The summed E-state index contributed by atoms with van der Waals surface area (Å²) in [7, 11) is 0. The van der Waals surface area contributed by atoms with Crippen molar-refractivity contribution >= 4 is 11.9 Å². The maximum Gasteiger partial charge on any atom is 0.339 e. The topological polar surface area (TPSA) is 52.6 Å². The summed E-state index contributed by atoms with van der Waals surface area (Å²) in [6.07, 6.45) is 14.8. The van der Waals surface area contributed by atoms with Gasteiger partial charge >= 0.3 is 11.9 Å². The molecule has 0 unspecified atom stereocenters. The van der Waals surface area contributed by atoms with Crippen molar-refractivity contribution in [3.05, 3.63) is 107 Å². The minimum Gasteiger partial charge on any atom is -0.462 e. The number of hydrogen-bond acceptors (Lipinski definition) is 4. The van der Waals surface area contributed by atoms with Gasteiger partial charge in [0.15, 0.2) is 0 Å². The first-order valence-corrected chi connectivity index (χ1v) is 16.6. The van der Waals surface area contributed by atoms with Gasteiger partial charge in [0.05, 0.1) is 24.3 Å². The molecule has 4 nitrogen and oxygen atoms in total. The monoisotopic (exact) mass is 586 g/mol. The summed E-state index contributed by atoms with van der Waals surface area (Å²) in [6, 6.07) is 28.2. The molecule has 0 N–H and O–H groups in total. The van der Waals surface area contributed by atoms with Crippen LogP contribution in [-0.4, -0.2) is 25.2 Å². The molecule has 0 radical (unpaired) electrons. The number of hydrogen-bond donors (Lipinski definition) is 0. The highest BCUT2D eigenvalue weighted by Crippen LogP contribution is 2.27. The van der Waals surface area contributed by atoms with E-state index in [9.17, 15) is 9.59 Å². The molecule has 234 valence electrons. The van der Waals surface area contributed by atoms with E-state index in [1.54, 1.807) is 24.3 Å². The van der Waals surface area contributed by atoms with Gasteiger partial charge in [0.2, 0.25) is 0 Å². The van der Waals surface area contributed by atoms with Crippen molar-refractivity contribution in [1.29, 1.82) is 0 Å². The van der Waals surface area contributed by atoms with Crippen LogP contribution in [0.4, 0.5) is 0 Å². The second kappa shape index (κ2) is 23.1. The first-order valence-electron chi connectivity index (χ1n) is 16.6. The molecule has 0 fully saturated rings. The molecule has 0 heterocycles. The second-order valence-corrected chi connectivity index (χ2v) is 11.1. The molecule has 4 heteroatoms. The highest BCUT2D eigenvalue weighted by molar-refractivity contribution is 6.03. The van der Waals surface area contributed by atoms with Crippen molar-refractivity contribution in [1.82, 2.24) is 0 Å². The lowest BCUT2D eigenvalue weighted by Gasteiger charge is -2.15. The van der Waals surface area contributed by atoms with Crippen LogP contribution in [0.25, 0.3) is 0 Å². The molecule has 3 aromatic rings. The molecule has 0 saturated carbocycles. The quantitative estimate of drug-likeness (QED) is 0.104. The fourth-order valence-corrected chi connectivity index (χ4v) is 5.12. The molecular weight excluding hydrogens is 532 g/mol. The highest BCUT2D eigenvalue weighted by Gasteiger charge is 2.18. The Balaban J connectivity index is 0.000000358. The number of benzene rings is 3. The molecule has 43 heavy (non-hydrogen) atoms. The number of unbranched alkanes of at least 4 members (excludes halogenated alkanes) is 10. The Kier molecular flexibility index (Phi) is 19.2. The van der Waals surface area contributed by atoms with E-state index in [-0.39, 0.29) is 0 Å². The molecule has 0 aliphatic carbocycles. The van der Waals surface area contributed by atoms with Crippen LogP contribution in [0.15, 0.2) is 84.9 Å². The molecule has 0 aliphatic rings. The Labute approximate surface area is 261 Å². The summed E-state index contributed by atoms with van der Waals surface area (Å²) >= 11 is 0. The maximum atomic E-state index is 12.4. The number of carbonyl (C=O) groups is 2. The largest absolute Gasteiger partial charge is 0.462 e. The van der Waals surface area contributed by atoms with E-state index in [1.807, 2.05) is 0 Å². The van der Waals surface area contributed by atoms with Gasteiger partial charge in [-0.25, -0.2) is 9.59 Å². The van der Waals surface area contributed by atoms with Crippen molar-refractivity contribution in [3.63, 3.8) is 0 Å². The maximum absolute atomic E-state index is 12.4. The van der Waals surface area contributed by atoms with E-state index in [2.05, 4.69) is 81.4 Å². The Morgan fingerprint density at radius 1 is 0.488 bits per heavy atom. The van der Waals surface area contributed by atoms with E-state index in [0.717, 1.165) is 32.1 Å². The Morgan fingerprint density at radius 3 is 1.21 bits per heavy atom. The van der Waals surface area contributed by atoms with Crippen molar-refractivity contribution in [2.75, 3.05) is 13.2 Å². The third-order valence-corrected chi connectivity index (χ3v) is 7.64. The first-order chi connectivity index (χ1) is 21.1. The van der Waals surface area contributed by atoms with Gasteiger partial charge in [-0.2, -0.15) is 0 Å². The highest BCUT2D eigenvalue weighted by atomic mass is 16.5. The lowest BCUT2D eigenvalue weighted by molar-refractivity contribution is 0.0450. The van der Waals surface area contributed by atoms with Gasteiger partial charge in [-0.15, -0.1) is 0 Å². The first kappa shape index (κ1) is 35.8. The third kappa shape index (κ3) is 14.6. The lowest BCUT2D eigenvalue weighted by Crippen LogP contribution is -2.15. The van der Waals surface area contributed by atoms with Crippen LogP contribution < -0.4 is 0 Å². The minimum absolute atomic E-state index is 0.293. The zero-order chi connectivity index (χ0) is 31.0. The normalized spacial score (nSPS) is 10.6. The third-order valence-electron chi connectivity index (χ3n) is 7.64. The fourth-order valence-electron chi connectivity index (χ4n) is 5.12. The molecule has 0 saturated heterocycles. The van der Waals surface area contributed by atoms with Crippen LogP contribution in [0, 0.1) is 0 Å². The zero-order valence-electron chi connectivity index (χ0n) is 26.9. The summed E-state index contributed by atoms with van der Waals surface area (Å²) in [5.41, 5.74) is 3.40. The number of carbonyl (C=O) groups excluding carboxylic acids is 2. The molecule has 3 rings (SSSR count). The van der Waals surface area contributed by atoms with Crippen molar-refractivity contribution < 1.29 is 19.1 Å². The van der Waals surface area contributed by atoms with Gasteiger partial charge in [0.1, 0.15) is 0 Å². The molecule has 0 atom stereocenters. The minimum atomic E-state index is -0.444. The summed E-state index contributed by atoms with van der Waals surface area (Å²) in [4.78, 5) is 24.7. The molecule has 0 bridgehead atoms. The summed E-state index contributed by atoms with van der Waals surface area (Å²) in [6.45, 7) is 7.42. The number of esters is 2. The van der Waals surface area contributed by atoms with E-state index < -0.39 is 11.9 Å². The van der Waals surface area contributed by atoms with Gasteiger partial charge in [-0.05, 0) is 42.5 Å². The average Bonchev–Trinajstić information content (AvgIpc) is 3.05. The Hall–Kier alpha value is -3.40. The Morgan fingerprint density at radius 2 is 0.837 bits per heavy atom. The van der Waals surface area contributed by atoms with Crippen LogP contribution >= 0.6 is 0 Å². The Bertz CT molecular complexity index is 1040. The molecule has 0 aromatic heterocycles. The van der Waals surface area contributed by atoms with E-state index in [0.29, 0.717) is 30.3 Å². The fraction of sp³-hybridized carbons (Fsp3) is 0.487. The van der Waals surface area contributed by atoms with Crippen LogP contribution in [-0.2, 0) is 9.47 Å². The molecule has 0 amide bonds. The second-order valence-electron chi connectivity index (χ2n) is 11.1. The number of ether oxygens (including phenoxy) is 2. The van der Waals surface area contributed by atoms with Gasteiger partial charge in [0.25, 0.3) is 0 Å². The molecule has 0 spiro atoms. The van der Waals surface area contributed by atoms with Crippen molar-refractivity contribution in [2.45, 2.75) is 110 Å². The van der Waals surface area contributed by atoms with Gasteiger partial charge < -0.3 is 9.47 Å². The van der Waals surface area contributed by atoms with Gasteiger partial charge in [-0.3, -0.25) is 0 Å². The van der Waals surface area contributed by atoms with Crippen LogP contribution in [0.5, 0.6) is 0 Å². The van der Waals surface area contributed by atoms with Crippen LogP contribution in [0.3, 0.4) is 0 Å². The summed E-state index contributed by atoms with van der Waals surface area (Å²) in [5.74, 6) is -0.353. The van der Waals surface area contributed by atoms with Crippen LogP contribution in [0.2, 0.25) is 0 Å². The summed E-state index contributed by atoms with van der Waals surface area (Å²) < 4.78 is 10.7. The van der Waals surface area contributed by atoms with Crippen LogP contribution in [0.1, 0.15) is 142 Å². The van der Waals surface area contributed by atoms with Crippen molar-refractivity contribution in [2.24, 2.45) is 0 Å². The molecule has 3 aromatic carbocycles. The predicted molar refractivity (Wildman–Crippen MR) is 179 cm³/mol. The van der Waals surface area contributed by atoms with Gasteiger partial charge in [0, 0.05) is 5.92 Å². The summed E-state index contributed by atoms with van der Waals surface area (Å²) in [5, 5.41) is 0. The molecule has 0 aliphatic heterocycles. The smallest absolute Gasteiger partial charge is 0.339 e. The van der Waals surface area contributed by atoms with E-state index in [4.69, 9.17) is 9.47 Å². The standard InChI is InChI=1S/C24H38O4.C15H16/c1-3-5-7-9-11-15-19-27-23(25)21-17-13-14-18-22(21)24(26)28-20-16-12-10-8-6-4-2;1-2-15(13-9-5-3-6-10-13)14-11-7-4-8-12-14/h13-14,17-18H,3-12,15-16,19-20H2,1-2H3;3-12,15H,2H2,1H3. The lowest BCUT2D eigenvalue weighted by atomic mass is 9.89. The van der Waals surface area contributed by atoms with E-state index in [1.165, 1.54) is 62.5 Å². The van der Waals surface area contributed by atoms with E-state index >= 15 is 0 Å². The van der Waals surface area contributed by atoms with Crippen molar-refractivity contribution in [3.8, 4) is 0 Å². The zero-order valence-corrected chi connectivity index (χ0v) is 26.9. The molecular formula is C39H54O4. The SMILES string of the molecule is CCC(c1ccccc1)c1ccccc1.CCCCCCCCOC(=O)c1ccccc1C(=O)OCCCCCCCC. The average molecular weight is 587 g/mol. The number of rotatable bonds is 19.